The number of aromatic nitrogens is 3. The molecule has 0 aliphatic carbocycles. The predicted octanol–water partition coefficient (Wildman–Crippen LogP) is 4.29. The molecule has 4 rings (SSSR count). The average molecular weight is 416 g/mol. The van der Waals surface area contributed by atoms with Crippen molar-refractivity contribution < 1.29 is 4.79 Å². The first kappa shape index (κ1) is 19.0. The van der Waals surface area contributed by atoms with E-state index in [9.17, 15) is 4.79 Å². The van der Waals surface area contributed by atoms with Crippen molar-refractivity contribution in [2.24, 2.45) is 0 Å². The molecule has 2 aromatic heterocycles. The Kier molecular flexibility index (Phi) is 5.92. The second kappa shape index (κ2) is 8.75. The van der Waals surface area contributed by atoms with Gasteiger partial charge in [-0.05, 0) is 42.7 Å². The zero-order chi connectivity index (χ0) is 19.3. The van der Waals surface area contributed by atoms with Crippen LogP contribution in [0.4, 0.5) is 5.13 Å². The lowest BCUT2D eigenvalue weighted by atomic mass is 10.2. The largest absolute Gasteiger partial charge is 0.347 e. The average Bonchev–Trinajstić information content (AvgIpc) is 3.31. The third-order valence-corrected chi connectivity index (χ3v) is 6.07. The minimum absolute atomic E-state index is 0.147. The number of hydrogen-bond acceptors (Lipinski definition) is 5. The number of anilines is 1. The zero-order valence-electron chi connectivity index (χ0n) is 15.5. The van der Waals surface area contributed by atoms with Crippen LogP contribution >= 0.6 is 22.9 Å². The van der Waals surface area contributed by atoms with Crippen LogP contribution in [0.2, 0.25) is 5.02 Å². The van der Waals surface area contributed by atoms with Gasteiger partial charge in [0.25, 0.3) is 5.91 Å². The standard InChI is InChI=1S/C20H22ClN5OS/c21-16-9-7-15(8-10-16)14-22-18(27)17-6-5-13-26(17)20-24-23-19(28-20)25-11-3-1-2-4-12-25/h5-10,13H,1-4,11-12,14H2,(H,22,27). The lowest BCUT2D eigenvalue weighted by Crippen LogP contribution is -2.25. The number of halogens is 1. The molecule has 0 spiro atoms. The van der Waals surface area contributed by atoms with Gasteiger partial charge in [0.1, 0.15) is 5.69 Å². The fourth-order valence-electron chi connectivity index (χ4n) is 3.30. The van der Waals surface area contributed by atoms with E-state index in [1.165, 1.54) is 37.0 Å². The molecule has 0 unspecified atom stereocenters. The number of nitrogens with zero attached hydrogens (tertiary/aromatic N) is 4. The van der Waals surface area contributed by atoms with E-state index in [2.05, 4.69) is 20.4 Å². The Hall–Kier alpha value is -2.38. The Morgan fingerprint density at radius 2 is 1.75 bits per heavy atom. The van der Waals surface area contributed by atoms with Gasteiger partial charge in [-0.25, -0.2) is 0 Å². The van der Waals surface area contributed by atoms with Crippen LogP contribution < -0.4 is 10.2 Å². The zero-order valence-corrected chi connectivity index (χ0v) is 17.0. The predicted molar refractivity (Wildman–Crippen MR) is 113 cm³/mol. The van der Waals surface area contributed by atoms with Gasteiger partial charge in [0.2, 0.25) is 10.3 Å². The monoisotopic (exact) mass is 415 g/mol. The van der Waals surface area contributed by atoms with E-state index in [0.717, 1.165) is 23.8 Å². The van der Waals surface area contributed by atoms with Gasteiger partial charge in [-0.2, -0.15) is 0 Å². The van der Waals surface area contributed by atoms with Crippen LogP contribution in [-0.4, -0.2) is 33.8 Å². The summed E-state index contributed by atoms with van der Waals surface area (Å²) in [6, 6.07) is 11.1. The maximum Gasteiger partial charge on any atom is 0.268 e. The summed E-state index contributed by atoms with van der Waals surface area (Å²) in [5.41, 5.74) is 1.54. The first-order valence-electron chi connectivity index (χ1n) is 9.49. The number of nitrogens with one attached hydrogen (secondary N) is 1. The lowest BCUT2D eigenvalue weighted by Gasteiger charge is -2.17. The molecule has 1 amide bonds. The molecule has 0 bridgehead atoms. The molecule has 1 aromatic carbocycles. The van der Waals surface area contributed by atoms with Crippen molar-refractivity contribution in [3.05, 3.63) is 58.9 Å². The van der Waals surface area contributed by atoms with Gasteiger partial charge < -0.3 is 10.2 Å². The summed E-state index contributed by atoms with van der Waals surface area (Å²) in [5.74, 6) is -0.147. The fraction of sp³-hybridized carbons (Fsp3) is 0.350. The minimum atomic E-state index is -0.147. The van der Waals surface area contributed by atoms with Crippen LogP contribution in [-0.2, 0) is 6.54 Å². The van der Waals surface area contributed by atoms with E-state index >= 15 is 0 Å². The molecule has 1 saturated heterocycles. The maximum atomic E-state index is 12.7. The summed E-state index contributed by atoms with van der Waals surface area (Å²) >= 11 is 7.43. The summed E-state index contributed by atoms with van der Waals surface area (Å²) in [4.78, 5) is 15.0. The van der Waals surface area contributed by atoms with Gasteiger partial charge in [0, 0.05) is 30.9 Å². The smallest absolute Gasteiger partial charge is 0.268 e. The van der Waals surface area contributed by atoms with Crippen molar-refractivity contribution in [3.63, 3.8) is 0 Å². The van der Waals surface area contributed by atoms with Crippen LogP contribution in [0, 0.1) is 0 Å². The van der Waals surface area contributed by atoms with Gasteiger partial charge in [-0.15, -0.1) is 10.2 Å². The molecule has 0 atom stereocenters. The maximum absolute atomic E-state index is 12.7. The molecule has 3 aromatic rings. The molecule has 146 valence electrons. The SMILES string of the molecule is O=C(NCc1ccc(Cl)cc1)c1cccn1-c1nnc(N2CCCCCC2)s1. The Labute approximate surface area is 173 Å². The minimum Gasteiger partial charge on any atom is -0.347 e. The van der Waals surface area contributed by atoms with E-state index < -0.39 is 0 Å². The first-order valence-corrected chi connectivity index (χ1v) is 10.7. The van der Waals surface area contributed by atoms with Crippen molar-refractivity contribution in [1.82, 2.24) is 20.1 Å². The second-order valence-electron chi connectivity index (χ2n) is 6.84. The van der Waals surface area contributed by atoms with E-state index in [-0.39, 0.29) is 5.91 Å². The van der Waals surface area contributed by atoms with E-state index in [0.29, 0.717) is 22.4 Å². The molecule has 1 aliphatic rings. The van der Waals surface area contributed by atoms with E-state index in [1.54, 1.807) is 10.6 Å². The first-order chi connectivity index (χ1) is 13.7. The molecule has 0 saturated carbocycles. The fourth-order valence-corrected chi connectivity index (χ4v) is 4.32. The highest BCUT2D eigenvalue weighted by Crippen LogP contribution is 2.26. The summed E-state index contributed by atoms with van der Waals surface area (Å²) in [6.45, 7) is 2.49. The molecule has 0 radical (unpaired) electrons. The Balaban J connectivity index is 1.46. The summed E-state index contributed by atoms with van der Waals surface area (Å²) in [7, 11) is 0. The Morgan fingerprint density at radius 3 is 2.50 bits per heavy atom. The molecule has 28 heavy (non-hydrogen) atoms. The molecular formula is C20H22ClN5OS. The van der Waals surface area contributed by atoms with Gasteiger partial charge in [-0.1, -0.05) is 47.9 Å². The van der Waals surface area contributed by atoms with Crippen LogP contribution in [0.1, 0.15) is 41.7 Å². The molecule has 8 heteroatoms. The summed E-state index contributed by atoms with van der Waals surface area (Å²) in [6.07, 6.45) is 6.78. The lowest BCUT2D eigenvalue weighted by molar-refractivity contribution is 0.0944. The van der Waals surface area contributed by atoms with Crippen molar-refractivity contribution in [3.8, 4) is 5.13 Å². The van der Waals surface area contributed by atoms with Crippen molar-refractivity contribution in [2.45, 2.75) is 32.2 Å². The summed E-state index contributed by atoms with van der Waals surface area (Å²) in [5, 5.41) is 14.0. The molecule has 1 fully saturated rings. The van der Waals surface area contributed by atoms with Gasteiger partial charge >= 0.3 is 0 Å². The number of rotatable bonds is 5. The van der Waals surface area contributed by atoms with Crippen molar-refractivity contribution in [1.29, 1.82) is 0 Å². The Bertz CT molecular complexity index is 928. The van der Waals surface area contributed by atoms with Crippen LogP contribution in [0.3, 0.4) is 0 Å². The van der Waals surface area contributed by atoms with Crippen molar-refractivity contribution >= 4 is 34.0 Å². The number of amides is 1. The van der Waals surface area contributed by atoms with E-state index in [4.69, 9.17) is 11.6 Å². The summed E-state index contributed by atoms with van der Waals surface area (Å²) < 4.78 is 1.80. The van der Waals surface area contributed by atoms with Crippen molar-refractivity contribution in [2.75, 3.05) is 18.0 Å². The highest BCUT2D eigenvalue weighted by Gasteiger charge is 2.18. The van der Waals surface area contributed by atoms with Crippen LogP contribution in [0.25, 0.3) is 5.13 Å². The number of carbonyl (C=O) groups is 1. The molecule has 1 aliphatic heterocycles. The second-order valence-corrected chi connectivity index (χ2v) is 8.21. The Morgan fingerprint density at radius 1 is 1.04 bits per heavy atom. The molecule has 6 nitrogen and oxygen atoms in total. The third-order valence-electron chi connectivity index (χ3n) is 4.83. The van der Waals surface area contributed by atoms with Gasteiger partial charge in [-0.3, -0.25) is 9.36 Å². The number of hydrogen-bond donors (Lipinski definition) is 1. The normalized spacial score (nSPS) is 14.7. The van der Waals surface area contributed by atoms with Crippen LogP contribution in [0.5, 0.6) is 0 Å². The highest BCUT2D eigenvalue weighted by molar-refractivity contribution is 7.17. The van der Waals surface area contributed by atoms with Crippen LogP contribution in [0.15, 0.2) is 42.6 Å². The van der Waals surface area contributed by atoms with Gasteiger partial charge in [0.15, 0.2) is 0 Å². The topological polar surface area (TPSA) is 63.1 Å². The number of benzene rings is 1. The molecule has 1 N–H and O–H groups in total. The number of carbonyl (C=O) groups excluding carboxylic acids is 1. The molecular weight excluding hydrogens is 394 g/mol. The highest BCUT2D eigenvalue weighted by atomic mass is 35.5. The van der Waals surface area contributed by atoms with Gasteiger partial charge in [0.05, 0.1) is 0 Å². The van der Waals surface area contributed by atoms with E-state index in [1.807, 2.05) is 36.5 Å². The quantitative estimate of drug-likeness (QED) is 0.675. The molecule has 3 heterocycles. The third kappa shape index (κ3) is 4.36.